The summed E-state index contributed by atoms with van der Waals surface area (Å²) in [5.41, 5.74) is 4.80. The largest absolute Gasteiger partial charge is 0.485 e. The smallest absolute Gasteiger partial charge is 0.303 e. The molecule has 408 valence electrons. The van der Waals surface area contributed by atoms with E-state index in [1.54, 1.807) is 0 Å². The Bertz CT molecular complexity index is 2240. The number of hydrogen-bond donors (Lipinski definition) is 6. The summed E-state index contributed by atoms with van der Waals surface area (Å²) in [5.74, 6) is -3.27. The van der Waals surface area contributed by atoms with Gasteiger partial charge in [-0.3, -0.25) is 14.4 Å². The van der Waals surface area contributed by atoms with Gasteiger partial charge in [-0.1, -0.05) is 174 Å². The van der Waals surface area contributed by atoms with E-state index in [0.29, 0.717) is 19.3 Å². The summed E-state index contributed by atoms with van der Waals surface area (Å²) in [4.78, 5) is 36.9. The van der Waals surface area contributed by atoms with Crippen LogP contribution < -0.4 is 0 Å². The van der Waals surface area contributed by atoms with Crippen molar-refractivity contribution in [3.8, 4) is 0 Å². The van der Waals surface area contributed by atoms with E-state index >= 15 is 0 Å². The summed E-state index contributed by atoms with van der Waals surface area (Å²) < 4.78 is 7.26. The minimum atomic E-state index is -1.49. The molecule has 1 atom stereocenters. The van der Waals surface area contributed by atoms with Gasteiger partial charge >= 0.3 is 17.9 Å². The third-order valence-corrected chi connectivity index (χ3v) is 14.9. The van der Waals surface area contributed by atoms with Crippen LogP contribution in [0.2, 0.25) is 0 Å². The Labute approximate surface area is 444 Å². The van der Waals surface area contributed by atoms with Gasteiger partial charge in [-0.05, 0) is 137 Å². The van der Waals surface area contributed by atoms with Gasteiger partial charge in [-0.2, -0.15) is 0 Å². The first-order chi connectivity index (χ1) is 33.2. The third-order valence-electron chi connectivity index (χ3n) is 14.4. The molecule has 0 amide bonds. The van der Waals surface area contributed by atoms with Crippen molar-refractivity contribution in [1.82, 2.24) is 0 Å². The molecule has 10 nitrogen and oxygen atoms in total. The first-order valence-corrected chi connectivity index (χ1v) is 26.8. The van der Waals surface area contributed by atoms with E-state index in [1.807, 2.05) is 0 Å². The van der Waals surface area contributed by atoms with E-state index in [2.05, 4.69) is 168 Å². The van der Waals surface area contributed by atoms with Crippen molar-refractivity contribution in [2.75, 3.05) is 26.4 Å². The number of aryl methyl sites for hydroxylation is 3. The summed E-state index contributed by atoms with van der Waals surface area (Å²) in [6.45, 7) is 39.2. The Morgan fingerprint density at radius 1 is 0.479 bits per heavy atom. The van der Waals surface area contributed by atoms with Crippen molar-refractivity contribution in [3.05, 3.63) is 103 Å². The number of carbonyl (C=O) groups is 3. The lowest BCUT2D eigenvalue weighted by Gasteiger charge is -2.52. The molecular formula is C62H94O10S. The standard InChI is InChI=1S/C62H94O10S/c1-20-21-41(51-42(55(2,3)4)28-38(22-25-48(66)67)29-43(51)56(5,6)7)62(54(73)72-37-61(34-63,35-64)36-65,52-44(57(8,9)10)30-39(23-26-49(68)69)31-45(52)58(11,12)13)53-46(59(14,15)16)32-40(24-27-50(70)71)33-47(53)60(17,18)19/h28-33,41,63-65H,20-27,34-37H2,1-19H3,(H,66,67)(H,68,69)(H,70,71). The molecule has 0 spiro atoms. The predicted octanol–water partition coefficient (Wildman–Crippen LogP) is 12.7. The number of aliphatic carboxylic acids is 3. The minimum absolute atomic E-state index is 0.0503. The normalized spacial score (nSPS) is 13.8. The van der Waals surface area contributed by atoms with Crippen LogP contribution in [0.5, 0.6) is 0 Å². The molecule has 0 aromatic heterocycles. The number of aliphatic hydroxyl groups excluding tert-OH is 3. The Morgan fingerprint density at radius 3 is 0.959 bits per heavy atom. The third kappa shape index (κ3) is 14.8. The van der Waals surface area contributed by atoms with Gasteiger partial charge in [0.2, 0.25) is 0 Å². The topological polar surface area (TPSA) is 182 Å². The second kappa shape index (κ2) is 23.4. The quantitative estimate of drug-likeness (QED) is 0.0559. The van der Waals surface area contributed by atoms with Crippen LogP contribution in [-0.4, -0.2) is 80.0 Å². The lowest BCUT2D eigenvalue weighted by atomic mass is 9.52. The molecule has 0 radical (unpaired) electrons. The minimum Gasteiger partial charge on any atom is -0.485 e. The summed E-state index contributed by atoms with van der Waals surface area (Å²) in [6, 6.07) is 13.0. The highest BCUT2D eigenvalue weighted by molar-refractivity contribution is 7.80. The molecule has 11 heteroatoms. The van der Waals surface area contributed by atoms with Crippen LogP contribution >= 0.6 is 12.2 Å². The molecule has 3 aromatic carbocycles. The molecule has 0 saturated carbocycles. The lowest BCUT2D eigenvalue weighted by Crippen LogP contribution is -2.51. The van der Waals surface area contributed by atoms with Crippen LogP contribution in [0.3, 0.4) is 0 Å². The predicted molar refractivity (Wildman–Crippen MR) is 300 cm³/mol. The second-order valence-corrected chi connectivity index (χ2v) is 27.5. The molecule has 0 bridgehead atoms. The monoisotopic (exact) mass is 1030 g/mol. The molecule has 6 N–H and O–H groups in total. The van der Waals surface area contributed by atoms with E-state index in [-0.39, 0.29) is 43.8 Å². The van der Waals surface area contributed by atoms with E-state index in [1.165, 1.54) is 0 Å². The van der Waals surface area contributed by atoms with Crippen LogP contribution in [0.15, 0.2) is 36.4 Å². The van der Waals surface area contributed by atoms with Crippen LogP contribution in [0, 0.1) is 5.41 Å². The Balaban J connectivity index is 3.30. The molecule has 73 heavy (non-hydrogen) atoms. The molecule has 0 saturated heterocycles. The lowest BCUT2D eigenvalue weighted by molar-refractivity contribution is -0.138. The van der Waals surface area contributed by atoms with Crippen LogP contribution in [0.1, 0.15) is 236 Å². The summed E-state index contributed by atoms with van der Waals surface area (Å²) in [7, 11) is 0. The van der Waals surface area contributed by atoms with Gasteiger partial charge in [0, 0.05) is 25.2 Å². The van der Waals surface area contributed by atoms with Crippen LogP contribution in [0.4, 0.5) is 0 Å². The van der Waals surface area contributed by atoms with Crippen molar-refractivity contribution < 1.29 is 49.8 Å². The van der Waals surface area contributed by atoms with Gasteiger partial charge in [0.15, 0.2) is 5.05 Å². The number of carboxylic acids is 3. The Morgan fingerprint density at radius 2 is 0.740 bits per heavy atom. The number of aliphatic hydroxyl groups is 3. The first kappa shape index (κ1) is 63.1. The first-order valence-electron chi connectivity index (χ1n) is 26.4. The van der Waals surface area contributed by atoms with Crippen molar-refractivity contribution in [1.29, 1.82) is 0 Å². The number of benzene rings is 3. The Hall–Kier alpha value is -4.16. The second-order valence-electron chi connectivity index (χ2n) is 27.1. The Kier molecular flexibility index (Phi) is 20.2. The molecule has 3 aromatic rings. The molecule has 0 fully saturated rings. The van der Waals surface area contributed by atoms with Gasteiger partial charge in [-0.15, -0.1) is 0 Å². The summed E-state index contributed by atoms with van der Waals surface area (Å²) in [6.07, 6.45) is 1.89. The molecule has 0 aliphatic heterocycles. The number of thiocarbonyl (C=S) groups is 1. The number of rotatable bonds is 21. The maximum Gasteiger partial charge on any atom is 0.303 e. The van der Waals surface area contributed by atoms with E-state index in [4.69, 9.17) is 17.0 Å². The van der Waals surface area contributed by atoms with Crippen molar-refractivity contribution in [3.63, 3.8) is 0 Å². The molecule has 0 aliphatic carbocycles. The highest BCUT2D eigenvalue weighted by atomic mass is 32.1. The zero-order valence-electron chi connectivity index (χ0n) is 48.3. The highest BCUT2D eigenvalue weighted by Gasteiger charge is 2.57. The molecule has 0 aliphatic rings. The van der Waals surface area contributed by atoms with Gasteiger partial charge in [0.05, 0.1) is 30.7 Å². The molecule has 0 heterocycles. The number of carboxylic acid groups (broad SMARTS) is 3. The molecular weight excluding hydrogens is 937 g/mol. The van der Waals surface area contributed by atoms with Gasteiger partial charge < -0.3 is 35.4 Å². The van der Waals surface area contributed by atoms with Crippen molar-refractivity contribution in [2.45, 2.75) is 227 Å². The zero-order valence-corrected chi connectivity index (χ0v) is 49.1. The highest BCUT2D eigenvalue weighted by Crippen LogP contribution is 2.60. The average molecular weight is 1030 g/mol. The van der Waals surface area contributed by atoms with Crippen LogP contribution in [-0.2, 0) is 76.3 Å². The average Bonchev–Trinajstić information content (AvgIpc) is 3.25. The van der Waals surface area contributed by atoms with Crippen LogP contribution in [0.25, 0.3) is 0 Å². The zero-order chi connectivity index (χ0) is 56.2. The molecule has 3 rings (SSSR count). The van der Waals surface area contributed by atoms with Crippen molar-refractivity contribution in [2.24, 2.45) is 5.41 Å². The SMILES string of the molecule is CCCC(c1c(C(C)(C)C)cc(CCC(=O)O)cc1C(C)(C)C)C(C(=S)OCC(CO)(CO)CO)(c1c(C(C)(C)C)cc(CCC(=O)O)cc1C(C)(C)C)c1c(C(C)(C)C)cc(CCC(=O)O)cc1C(C)(C)C. The van der Waals surface area contributed by atoms with Gasteiger partial charge in [-0.25, -0.2) is 0 Å². The van der Waals surface area contributed by atoms with E-state index in [9.17, 15) is 45.0 Å². The number of ether oxygens (including phenoxy) is 1. The fourth-order valence-electron chi connectivity index (χ4n) is 10.4. The molecule has 1 unspecified atom stereocenters. The maximum absolute atomic E-state index is 12.3. The van der Waals surface area contributed by atoms with Gasteiger partial charge in [0.1, 0.15) is 6.61 Å². The summed E-state index contributed by atoms with van der Waals surface area (Å²) >= 11 is 7.20. The fourth-order valence-corrected chi connectivity index (χ4v) is 10.8. The van der Waals surface area contributed by atoms with Crippen molar-refractivity contribution >= 4 is 35.2 Å². The van der Waals surface area contributed by atoms with E-state index in [0.717, 1.165) is 66.8 Å². The van der Waals surface area contributed by atoms with Gasteiger partial charge in [0.25, 0.3) is 0 Å². The maximum atomic E-state index is 12.3. The summed E-state index contributed by atoms with van der Waals surface area (Å²) in [5, 5.41) is 63.2. The number of hydrogen-bond acceptors (Lipinski definition) is 8. The van der Waals surface area contributed by atoms with E-state index < -0.39 is 87.0 Å². The fraction of sp³-hybridized carbons (Fsp3) is 0.645.